The van der Waals surface area contributed by atoms with Crippen LogP contribution in [-0.2, 0) is 6.42 Å². The van der Waals surface area contributed by atoms with Crippen molar-refractivity contribution in [2.75, 3.05) is 7.11 Å². The molecule has 1 amide bonds. The van der Waals surface area contributed by atoms with Crippen molar-refractivity contribution in [2.24, 2.45) is 0 Å². The Labute approximate surface area is 211 Å². The largest absolute Gasteiger partial charge is 0.496 e. The van der Waals surface area contributed by atoms with Crippen LogP contribution in [0, 0.1) is 0 Å². The van der Waals surface area contributed by atoms with E-state index >= 15 is 0 Å². The van der Waals surface area contributed by atoms with E-state index in [4.69, 9.17) is 9.47 Å². The fourth-order valence-electron chi connectivity index (χ4n) is 3.69. The van der Waals surface area contributed by atoms with E-state index in [-0.39, 0.29) is 17.7 Å². The Morgan fingerprint density at radius 2 is 1.95 bits per heavy atom. The van der Waals surface area contributed by atoms with Gasteiger partial charge in [-0.15, -0.1) is 0 Å². The predicted molar refractivity (Wildman–Crippen MR) is 128 cm³/mol. The summed E-state index contributed by atoms with van der Waals surface area (Å²) in [6.07, 6.45) is 2.08. The maximum absolute atomic E-state index is 13.3. The highest BCUT2D eigenvalue weighted by Gasteiger charge is 2.40. The van der Waals surface area contributed by atoms with Crippen molar-refractivity contribution in [3.05, 3.63) is 35.8 Å². The molecule has 2 aromatic heterocycles. The lowest BCUT2D eigenvalue weighted by Gasteiger charge is -2.27. The number of fused-ring (bicyclic) bond motifs is 1. The standard InChI is InChI=1S/C25H29F3N4O5/c1-6-16-20(36-12(2)25(3,4)34)11-32-22(30-16)14(10-29-32)13-7-18(35-5)21(19(8-13)37-24(27)28)23(33)31-17-9-15(17)26/h7-8,10-12,15,17,24,34H,6,9H2,1-5H3,(H,31,33)/t12-,15-,17?/m0/s1. The zero-order valence-electron chi connectivity index (χ0n) is 21.1. The van der Waals surface area contributed by atoms with E-state index in [1.807, 2.05) is 6.92 Å². The predicted octanol–water partition coefficient (Wildman–Crippen LogP) is 3.95. The Bertz CT molecular complexity index is 1310. The Morgan fingerprint density at radius 1 is 1.27 bits per heavy atom. The van der Waals surface area contributed by atoms with Gasteiger partial charge < -0.3 is 24.6 Å². The molecule has 1 aliphatic rings. The minimum atomic E-state index is -3.22. The van der Waals surface area contributed by atoms with Crippen LogP contribution < -0.4 is 19.5 Å². The molecule has 1 unspecified atom stereocenters. The first-order valence-electron chi connectivity index (χ1n) is 11.8. The van der Waals surface area contributed by atoms with Crippen LogP contribution in [0.25, 0.3) is 16.8 Å². The molecule has 1 aromatic carbocycles. The number of alkyl halides is 3. The number of halogens is 3. The highest BCUT2D eigenvalue weighted by atomic mass is 19.3. The number of aromatic nitrogens is 3. The van der Waals surface area contributed by atoms with Gasteiger partial charge in [-0.3, -0.25) is 4.79 Å². The quantitative estimate of drug-likeness (QED) is 0.415. The van der Waals surface area contributed by atoms with Crippen LogP contribution >= 0.6 is 0 Å². The Hall–Kier alpha value is -3.54. The monoisotopic (exact) mass is 522 g/mol. The van der Waals surface area contributed by atoms with Gasteiger partial charge in [0.2, 0.25) is 0 Å². The van der Waals surface area contributed by atoms with Gasteiger partial charge in [0, 0.05) is 12.0 Å². The molecule has 0 bridgehead atoms. The maximum atomic E-state index is 13.3. The van der Waals surface area contributed by atoms with E-state index in [2.05, 4.69) is 20.1 Å². The van der Waals surface area contributed by atoms with Crippen molar-refractivity contribution in [3.8, 4) is 28.4 Å². The normalized spacial score (nSPS) is 18.1. The molecule has 12 heteroatoms. The van der Waals surface area contributed by atoms with Gasteiger partial charge in [-0.2, -0.15) is 13.9 Å². The summed E-state index contributed by atoms with van der Waals surface area (Å²) in [6, 6.07) is 2.08. The molecule has 1 saturated carbocycles. The Kier molecular flexibility index (Phi) is 7.22. The average Bonchev–Trinajstić information content (AvgIpc) is 3.35. The van der Waals surface area contributed by atoms with Gasteiger partial charge >= 0.3 is 6.61 Å². The molecular weight excluding hydrogens is 493 g/mol. The molecule has 2 N–H and O–H groups in total. The Balaban J connectivity index is 1.78. The van der Waals surface area contributed by atoms with E-state index in [1.54, 1.807) is 27.0 Å². The molecule has 0 spiro atoms. The molecular formula is C25H29F3N4O5. The fourth-order valence-corrected chi connectivity index (χ4v) is 3.69. The molecule has 1 aliphatic carbocycles. The Morgan fingerprint density at radius 3 is 2.51 bits per heavy atom. The number of amides is 1. The van der Waals surface area contributed by atoms with Gasteiger partial charge in [0.25, 0.3) is 5.91 Å². The summed E-state index contributed by atoms with van der Waals surface area (Å²) in [5.41, 5.74) is 0.476. The van der Waals surface area contributed by atoms with Crippen LogP contribution in [0.3, 0.4) is 0 Å². The van der Waals surface area contributed by atoms with Gasteiger partial charge in [0.1, 0.15) is 29.3 Å². The van der Waals surface area contributed by atoms with E-state index in [0.29, 0.717) is 34.6 Å². The van der Waals surface area contributed by atoms with Crippen LogP contribution in [0.5, 0.6) is 17.2 Å². The number of ether oxygens (including phenoxy) is 3. The van der Waals surface area contributed by atoms with E-state index in [9.17, 15) is 23.1 Å². The summed E-state index contributed by atoms with van der Waals surface area (Å²) in [6.45, 7) is 3.69. The summed E-state index contributed by atoms with van der Waals surface area (Å²) in [5.74, 6) is -0.794. The van der Waals surface area contributed by atoms with Gasteiger partial charge in [0.15, 0.2) is 11.4 Å². The van der Waals surface area contributed by atoms with Crippen molar-refractivity contribution in [3.63, 3.8) is 0 Å². The average molecular weight is 523 g/mol. The number of nitrogens with one attached hydrogen (secondary N) is 1. The van der Waals surface area contributed by atoms with Crippen LogP contribution in [0.4, 0.5) is 13.2 Å². The minimum Gasteiger partial charge on any atom is -0.496 e. The number of methoxy groups -OCH3 is 1. The summed E-state index contributed by atoms with van der Waals surface area (Å²) < 4.78 is 57.3. The summed E-state index contributed by atoms with van der Waals surface area (Å²) in [5, 5.41) is 17.0. The van der Waals surface area contributed by atoms with E-state index in [0.717, 1.165) is 0 Å². The van der Waals surface area contributed by atoms with Crippen molar-refractivity contribution < 1.29 is 37.3 Å². The molecule has 3 atom stereocenters. The number of hydrogen-bond acceptors (Lipinski definition) is 7. The number of hydrogen-bond donors (Lipinski definition) is 2. The number of carbonyl (C=O) groups excluding carboxylic acids is 1. The molecule has 9 nitrogen and oxygen atoms in total. The first-order valence-corrected chi connectivity index (χ1v) is 11.8. The lowest BCUT2D eigenvalue weighted by Crippen LogP contribution is -2.38. The summed E-state index contributed by atoms with van der Waals surface area (Å²) in [4.78, 5) is 17.4. The molecule has 37 heavy (non-hydrogen) atoms. The first kappa shape index (κ1) is 26.5. The molecule has 200 valence electrons. The third-order valence-corrected chi connectivity index (χ3v) is 6.24. The lowest BCUT2D eigenvalue weighted by molar-refractivity contribution is -0.0502. The van der Waals surface area contributed by atoms with E-state index in [1.165, 1.54) is 30.0 Å². The summed E-state index contributed by atoms with van der Waals surface area (Å²) in [7, 11) is 1.29. The number of benzene rings is 1. The highest BCUT2D eigenvalue weighted by Crippen LogP contribution is 2.38. The second-order valence-corrected chi connectivity index (χ2v) is 9.41. The maximum Gasteiger partial charge on any atom is 0.387 e. The molecule has 4 rings (SSSR count). The van der Waals surface area contributed by atoms with Gasteiger partial charge in [-0.1, -0.05) is 6.92 Å². The number of aryl methyl sites for hydroxylation is 1. The van der Waals surface area contributed by atoms with E-state index < -0.39 is 42.2 Å². The zero-order valence-corrected chi connectivity index (χ0v) is 21.1. The van der Waals surface area contributed by atoms with Crippen LogP contribution in [0.2, 0.25) is 0 Å². The van der Waals surface area contributed by atoms with Crippen molar-refractivity contribution >= 4 is 11.6 Å². The lowest BCUT2D eigenvalue weighted by atomic mass is 10.0. The molecule has 0 saturated heterocycles. The van der Waals surface area contributed by atoms with Crippen molar-refractivity contribution in [1.29, 1.82) is 0 Å². The fraction of sp³-hybridized carbons (Fsp3) is 0.480. The second kappa shape index (κ2) is 10.1. The molecule has 3 aromatic rings. The van der Waals surface area contributed by atoms with Crippen LogP contribution in [-0.4, -0.2) is 63.3 Å². The molecule has 1 fully saturated rings. The number of aliphatic hydroxyl groups is 1. The summed E-state index contributed by atoms with van der Waals surface area (Å²) >= 11 is 0. The topological polar surface area (TPSA) is 107 Å². The first-order chi connectivity index (χ1) is 17.4. The molecule has 0 radical (unpaired) electrons. The second-order valence-electron chi connectivity index (χ2n) is 9.41. The number of carbonyl (C=O) groups is 1. The number of nitrogens with zero attached hydrogens (tertiary/aromatic N) is 3. The van der Waals surface area contributed by atoms with Crippen LogP contribution in [0.1, 0.15) is 50.2 Å². The third-order valence-electron chi connectivity index (χ3n) is 6.24. The van der Waals surface area contributed by atoms with Crippen molar-refractivity contribution in [1.82, 2.24) is 19.9 Å². The minimum absolute atomic E-state index is 0.0317. The van der Waals surface area contributed by atoms with Crippen LogP contribution in [0.15, 0.2) is 24.5 Å². The van der Waals surface area contributed by atoms with Gasteiger partial charge in [0.05, 0.1) is 36.8 Å². The molecule has 2 heterocycles. The SMILES string of the molecule is CCc1nc2c(-c3cc(OC)c(C(=O)NC4C[C@@H]4F)c(OC(F)F)c3)cnn2cc1O[C@@H](C)C(C)(C)O. The zero-order chi connectivity index (χ0) is 27.1. The van der Waals surface area contributed by atoms with Gasteiger partial charge in [-0.25, -0.2) is 13.9 Å². The highest BCUT2D eigenvalue weighted by molar-refractivity contribution is 6.01. The molecule has 0 aliphatic heterocycles. The van der Waals surface area contributed by atoms with Crippen molar-refractivity contribution in [2.45, 2.75) is 71.1 Å². The van der Waals surface area contributed by atoms with Gasteiger partial charge in [-0.05, 0) is 44.9 Å². The third kappa shape index (κ3) is 5.58. The smallest absolute Gasteiger partial charge is 0.387 e. The number of rotatable bonds is 10.